The molecule has 1 saturated heterocycles. The summed E-state index contributed by atoms with van der Waals surface area (Å²) >= 11 is 3.37. The highest BCUT2D eigenvalue weighted by molar-refractivity contribution is 9.10. The van der Waals surface area contributed by atoms with Crippen LogP contribution in [0.4, 0.5) is 5.69 Å². The first-order valence-corrected chi connectivity index (χ1v) is 11.4. The molecule has 8 heteroatoms. The van der Waals surface area contributed by atoms with Crippen LogP contribution in [0.1, 0.15) is 26.2 Å². The number of nitrogens with zero attached hydrogens (tertiary/aromatic N) is 2. The molecule has 1 aromatic rings. The molecule has 2 aliphatic rings. The molecule has 26 heavy (non-hydrogen) atoms. The van der Waals surface area contributed by atoms with Crippen LogP contribution in [-0.2, 0) is 14.8 Å². The van der Waals surface area contributed by atoms with Gasteiger partial charge in [-0.25, -0.2) is 8.42 Å². The molecule has 2 fully saturated rings. The second kappa shape index (κ2) is 8.37. The second-order valence-electron chi connectivity index (χ2n) is 7.32. The van der Waals surface area contributed by atoms with E-state index in [9.17, 15) is 13.2 Å². The fourth-order valence-corrected chi connectivity index (χ4v) is 6.08. The number of hydrogen-bond acceptors (Lipinski definition) is 4. The minimum atomic E-state index is -3.20. The van der Waals surface area contributed by atoms with Gasteiger partial charge >= 0.3 is 0 Å². The van der Waals surface area contributed by atoms with Crippen LogP contribution in [0.15, 0.2) is 28.7 Å². The Balaban J connectivity index is 1.47. The van der Waals surface area contributed by atoms with Crippen molar-refractivity contribution in [2.75, 3.05) is 38.0 Å². The van der Waals surface area contributed by atoms with Gasteiger partial charge in [-0.3, -0.25) is 9.69 Å². The summed E-state index contributed by atoms with van der Waals surface area (Å²) in [5.41, 5.74) is 0.759. The quantitative estimate of drug-likeness (QED) is 0.758. The molecule has 3 rings (SSSR count). The Bertz CT molecular complexity index is 731. The van der Waals surface area contributed by atoms with Crippen molar-refractivity contribution in [3.05, 3.63) is 28.7 Å². The van der Waals surface area contributed by atoms with Gasteiger partial charge in [-0.2, -0.15) is 4.31 Å². The molecule has 0 bridgehead atoms. The fourth-order valence-electron chi connectivity index (χ4n) is 3.72. The van der Waals surface area contributed by atoms with Crippen LogP contribution in [0.3, 0.4) is 0 Å². The summed E-state index contributed by atoms with van der Waals surface area (Å²) in [6, 6.07) is 7.44. The van der Waals surface area contributed by atoms with Crippen molar-refractivity contribution < 1.29 is 13.2 Å². The zero-order chi connectivity index (χ0) is 18.7. The van der Waals surface area contributed by atoms with E-state index in [0.717, 1.165) is 29.4 Å². The number of hydrogen-bond donors (Lipinski definition) is 1. The Hall–Kier alpha value is -0.960. The molecule has 144 valence electrons. The van der Waals surface area contributed by atoms with Crippen LogP contribution in [0.2, 0.25) is 0 Å². The highest BCUT2D eigenvalue weighted by Crippen LogP contribution is 2.31. The number of anilines is 1. The van der Waals surface area contributed by atoms with E-state index in [1.54, 1.807) is 4.31 Å². The van der Waals surface area contributed by atoms with E-state index in [4.69, 9.17) is 0 Å². The van der Waals surface area contributed by atoms with E-state index < -0.39 is 10.0 Å². The summed E-state index contributed by atoms with van der Waals surface area (Å²) in [7, 11) is -3.20. The summed E-state index contributed by atoms with van der Waals surface area (Å²) in [4.78, 5) is 14.2. The highest BCUT2D eigenvalue weighted by Gasteiger charge is 2.37. The molecule has 2 atom stereocenters. The normalized spacial score (nSPS) is 25.3. The molecule has 1 aromatic carbocycles. The molecule has 1 heterocycles. The number of halogens is 1. The van der Waals surface area contributed by atoms with Crippen molar-refractivity contribution in [2.24, 2.45) is 5.92 Å². The summed E-state index contributed by atoms with van der Waals surface area (Å²) < 4.78 is 28.1. The lowest BCUT2D eigenvalue weighted by molar-refractivity contribution is -0.117. The average molecular weight is 444 g/mol. The molecule has 1 amide bonds. The lowest BCUT2D eigenvalue weighted by Crippen LogP contribution is -2.52. The van der Waals surface area contributed by atoms with Crippen molar-refractivity contribution in [3.8, 4) is 0 Å². The van der Waals surface area contributed by atoms with Gasteiger partial charge in [0.15, 0.2) is 0 Å². The van der Waals surface area contributed by atoms with Gasteiger partial charge in [0.05, 0.1) is 11.8 Å². The number of amides is 1. The first-order valence-electron chi connectivity index (χ1n) is 9.11. The van der Waals surface area contributed by atoms with Crippen LogP contribution in [0.25, 0.3) is 0 Å². The van der Waals surface area contributed by atoms with Gasteiger partial charge in [-0.05, 0) is 49.4 Å². The molecule has 0 aromatic heterocycles. The number of sulfonamides is 1. The van der Waals surface area contributed by atoms with Crippen molar-refractivity contribution in [1.82, 2.24) is 9.21 Å². The van der Waals surface area contributed by atoms with E-state index in [-0.39, 0.29) is 17.7 Å². The van der Waals surface area contributed by atoms with Gasteiger partial charge in [-0.15, -0.1) is 0 Å². The molecule has 6 nitrogen and oxygen atoms in total. The number of benzene rings is 1. The van der Waals surface area contributed by atoms with Gasteiger partial charge in [0.1, 0.15) is 0 Å². The Labute approximate surface area is 164 Å². The molecular weight excluding hydrogens is 418 g/mol. The van der Waals surface area contributed by atoms with Crippen LogP contribution >= 0.6 is 15.9 Å². The highest BCUT2D eigenvalue weighted by atomic mass is 79.9. The van der Waals surface area contributed by atoms with Gasteiger partial charge < -0.3 is 5.32 Å². The Morgan fingerprint density at radius 1 is 1.15 bits per heavy atom. The number of piperazine rings is 1. The maximum Gasteiger partial charge on any atom is 0.238 e. The second-order valence-corrected chi connectivity index (χ2v) is 10.4. The minimum Gasteiger partial charge on any atom is -0.325 e. The molecule has 1 N–H and O–H groups in total. The largest absolute Gasteiger partial charge is 0.325 e. The lowest BCUT2D eigenvalue weighted by Gasteiger charge is -2.35. The monoisotopic (exact) mass is 443 g/mol. The Morgan fingerprint density at radius 2 is 1.81 bits per heavy atom. The third-order valence-corrected chi connectivity index (χ3v) is 8.14. The molecular formula is C18H26BrN3O3S. The van der Waals surface area contributed by atoms with Crippen molar-refractivity contribution in [1.29, 1.82) is 0 Å². The van der Waals surface area contributed by atoms with Gasteiger partial charge in [0, 0.05) is 36.3 Å². The zero-order valence-electron chi connectivity index (χ0n) is 15.0. The standard InChI is InChI=1S/C18H26BrN3O3S/c1-14-2-7-17(12-14)26(24,25)22-10-8-21(9-11-22)13-18(23)20-16-5-3-15(19)4-6-16/h3-6,14,17H,2,7-13H2,1H3,(H,20,23). The van der Waals surface area contributed by atoms with Gasteiger partial charge in [0.2, 0.25) is 15.9 Å². The zero-order valence-corrected chi connectivity index (χ0v) is 17.4. The maximum absolute atomic E-state index is 12.8. The molecule has 1 aliphatic carbocycles. The smallest absolute Gasteiger partial charge is 0.238 e. The van der Waals surface area contributed by atoms with Crippen LogP contribution in [-0.4, -0.2) is 61.5 Å². The fraction of sp³-hybridized carbons (Fsp3) is 0.611. The first-order chi connectivity index (χ1) is 12.3. The van der Waals surface area contributed by atoms with Gasteiger partial charge in [0.25, 0.3) is 0 Å². The van der Waals surface area contributed by atoms with Crippen molar-refractivity contribution in [3.63, 3.8) is 0 Å². The number of nitrogens with one attached hydrogen (secondary N) is 1. The summed E-state index contributed by atoms with van der Waals surface area (Å²) in [6.07, 6.45) is 2.55. The molecule has 0 radical (unpaired) electrons. The number of rotatable bonds is 5. The van der Waals surface area contributed by atoms with Crippen LogP contribution < -0.4 is 5.32 Å². The molecule has 2 unspecified atom stereocenters. The molecule has 0 spiro atoms. The average Bonchev–Trinajstić information content (AvgIpc) is 3.05. The minimum absolute atomic E-state index is 0.0757. The summed E-state index contributed by atoms with van der Waals surface area (Å²) in [6.45, 7) is 4.53. The SMILES string of the molecule is CC1CCC(S(=O)(=O)N2CCN(CC(=O)Nc3ccc(Br)cc3)CC2)C1. The van der Waals surface area contributed by atoms with E-state index in [0.29, 0.717) is 32.1 Å². The van der Waals surface area contributed by atoms with E-state index in [1.165, 1.54) is 0 Å². The third-order valence-electron chi connectivity index (χ3n) is 5.25. The van der Waals surface area contributed by atoms with Crippen LogP contribution in [0.5, 0.6) is 0 Å². The summed E-state index contributed by atoms with van der Waals surface area (Å²) in [5, 5.41) is 2.66. The first kappa shape index (κ1) is 19.8. The predicted molar refractivity (Wildman–Crippen MR) is 107 cm³/mol. The topological polar surface area (TPSA) is 69.7 Å². The number of carbonyl (C=O) groups is 1. The van der Waals surface area contributed by atoms with Crippen molar-refractivity contribution >= 4 is 37.5 Å². The number of carbonyl (C=O) groups excluding carboxylic acids is 1. The lowest BCUT2D eigenvalue weighted by atomic mass is 10.1. The van der Waals surface area contributed by atoms with E-state index >= 15 is 0 Å². The van der Waals surface area contributed by atoms with Crippen LogP contribution in [0, 0.1) is 5.92 Å². The molecule has 1 aliphatic heterocycles. The van der Waals surface area contributed by atoms with Gasteiger partial charge in [-0.1, -0.05) is 22.9 Å². The predicted octanol–water partition coefficient (Wildman–Crippen LogP) is 2.52. The van der Waals surface area contributed by atoms with Crippen molar-refractivity contribution in [2.45, 2.75) is 31.4 Å². The summed E-state index contributed by atoms with van der Waals surface area (Å²) in [5.74, 6) is 0.423. The Kier molecular flexibility index (Phi) is 6.37. The molecule has 1 saturated carbocycles. The maximum atomic E-state index is 12.8. The van der Waals surface area contributed by atoms with E-state index in [2.05, 4.69) is 28.2 Å². The third kappa shape index (κ3) is 4.85. The Morgan fingerprint density at radius 3 is 2.38 bits per heavy atom. The van der Waals surface area contributed by atoms with E-state index in [1.807, 2.05) is 29.2 Å².